The van der Waals surface area contributed by atoms with Crippen molar-refractivity contribution >= 4 is 39.5 Å². The summed E-state index contributed by atoms with van der Waals surface area (Å²) in [5.74, 6) is -0.376. The molecular formula is C30H26N4O3. The maximum Gasteiger partial charge on any atom is 0.335 e. The number of imidazole rings is 1. The number of hydrogen-bond acceptors (Lipinski definition) is 4. The molecule has 1 aliphatic carbocycles. The molecule has 2 N–H and O–H groups in total. The second-order valence-electron chi connectivity index (χ2n) is 9.52. The van der Waals surface area contributed by atoms with Gasteiger partial charge in [0.1, 0.15) is 5.82 Å². The zero-order valence-electron chi connectivity index (χ0n) is 20.2. The molecule has 1 amide bonds. The second kappa shape index (κ2) is 9.50. The van der Waals surface area contributed by atoms with Gasteiger partial charge in [0, 0.05) is 28.8 Å². The molecule has 2 aromatic heterocycles. The van der Waals surface area contributed by atoms with Crippen LogP contribution < -0.4 is 5.32 Å². The number of para-hydroxylation sites is 1. The molecule has 1 fully saturated rings. The fourth-order valence-electron chi connectivity index (χ4n) is 5.31. The fraction of sp³-hybridized carbons (Fsp3) is 0.200. The van der Waals surface area contributed by atoms with Gasteiger partial charge < -0.3 is 15.0 Å². The minimum absolute atomic E-state index is 0.211. The largest absolute Gasteiger partial charge is 0.478 e. The van der Waals surface area contributed by atoms with Crippen LogP contribution in [0.1, 0.15) is 58.9 Å². The van der Waals surface area contributed by atoms with Gasteiger partial charge in [-0.15, -0.1) is 0 Å². The zero-order chi connectivity index (χ0) is 25.4. The summed E-state index contributed by atoms with van der Waals surface area (Å²) in [6.45, 7) is 0. The maximum atomic E-state index is 13.0. The quantitative estimate of drug-likeness (QED) is 0.285. The van der Waals surface area contributed by atoms with Gasteiger partial charge in [0.2, 0.25) is 0 Å². The number of carboxylic acids is 1. The fourth-order valence-corrected chi connectivity index (χ4v) is 5.31. The van der Waals surface area contributed by atoms with E-state index in [0.29, 0.717) is 22.8 Å². The number of fused-ring (bicyclic) bond motifs is 2. The summed E-state index contributed by atoms with van der Waals surface area (Å²) in [4.78, 5) is 33.9. The summed E-state index contributed by atoms with van der Waals surface area (Å²) in [6.07, 6.45) is 7.41. The SMILES string of the molecule is O=C(O)c1ccc2c(c1)nc(-c1ccc(C(=O)Nc3cccc4cccnc34)cc1)n2C1CCCCC1. The van der Waals surface area contributed by atoms with Crippen LogP contribution in [-0.2, 0) is 0 Å². The van der Waals surface area contributed by atoms with Crippen LogP contribution in [-0.4, -0.2) is 31.5 Å². The highest BCUT2D eigenvalue weighted by Gasteiger charge is 2.23. The van der Waals surface area contributed by atoms with Gasteiger partial charge in [0.15, 0.2) is 0 Å². The number of carboxylic acid groups (broad SMARTS) is 1. The van der Waals surface area contributed by atoms with Crippen LogP contribution in [0.3, 0.4) is 0 Å². The van der Waals surface area contributed by atoms with Crippen molar-refractivity contribution in [2.45, 2.75) is 38.1 Å². The molecule has 7 nitrogen and oxygen atoms in total. The molecular weight excluding hydrogens is 464 g/mol. The van der Waals surface area contributed by atoms with E-state index in [4.69, 9.17) is 4.98 Å². The molecule has 0 bridgehead atoms. The molecule has 37 heavy (non-hydrogen) atoms. The molecule has 2 heterocycles. The predicted molar refractivity (Wildman–Crippen MR) is 144 cm³/mol. The van der Waals surface area contributed by atoms with Gasteiger partial charge >= 0.3 is 5.97 Å². The van der Waals surface area contributed by atoms with Gasteiger partial charge in [-0.05, 0) is 55.3 Å². The minimum atomic E-state index is -0.965. The highest BCUT2D eigenvalue weighted by Crippen LogP contribution is 2.36. The summed E-state index contributed by atoms with van der Waals surface area (Å²) >= 11 is 0. The van der Waals surface area contributed by atoms with Gasteiger partial charge in [-0.25, -0.2) is 9.78 Å². The van der Waals surface area contributed by atoms with Crippen molar-refractivity contribution in [3.63, 3.8) is 0 Å². The lowest BCUT2D eigenvalue weighted by atomic mass is 9.94. The van der Waals surface area contributed by atoms with Crippen LogP contribution in [0.4, 0.5) is 5.69 Å². The standard InChI is InChI=1S/C30H26N4O3/c35-29(33-24-10-4-6-19-7-5-17-31-27(19)24)21-13-11-20(12-14-21)28-32-25-18-22(30(36)37)15-16-26(25)34(28)23-8-2-1-3-9-23/h4-7,10-18,23H,1-3,8-9H2,(H,33,35)(H,36,37). The molecule has 0 aliphatic heterocycles. The van der Waals surface area contributed by atoms with E-state index in [9.17, 15) is 14.7 Å². The van der Waals surface area contributed by atoms with Crippen LogP contribution in [0.15, 0.2) is 79.0 Å². The number of rotatable bonds is 5. The predicted octanol–water partition coefficient (Wildman–Crippen LogP) is 6.71. The molecule has 0 unspecified atom stereocenters. The summed E-state index contributed by atoms with van der Waals surface area (Å²) in [6, 6.07) is 22.4. The summed E-state index contributed by atoms with van der Waals surface area (Å²) < 4.78 is 2.26. The van der Waals surface area contributed by atoms with Crippen molar-refractivity contribution in [3.8, 4) is 11.4 Å². The monoisotopic (exact) mass is 490 g/mol. The Kier molecular flexibility index (Phi) is 5.88. The lowest BCUT2D eigenvalue weighted by Gasteiger charge is -2.25. The molecule has 0 radical (unpaired) electrons. The van der Waals surface area contributed by atoms with Crippen molar-refractivity contribution in [2.24, 2.45) is 0 Å². The van der Waals surface area contributed by atoms with Crippen molar-refractivity contribution < 1.29 is 14.7 Å². The second-order valence-corrected chi connectivity index (χ2v) is 9.52. The number of amides is 1. The number of aromatic nitrogens is 3. The Balaban J connectivity index is 1.34. The summed E-state index contributed by atoms with van der Waals surface area (Å²) in [5.41, 5.74) is 4.68. The summed E-state index contributed by atoms with van der Waals surface area (Å²) in [5, 5.41) is 13.4. The van der Waals surface area contributed by atoms with Crippen LogP contribution >= 0.6 is 0 Å². The molecule has 1 aliphatic rings. The highest BCUT2D eigenvalue weighted by molar-refractivity contribution is 6.08. The molecule has 0 saturated heterocycles. The van der Waals surface area contributed by atoms with E-state index in [2.05, 4.69) is 14.9 Å². The number of benzene rings is 3. The van der Waals surface area contributed by atoms with E-state index in [1.165, 1.54) is 19.3 Å². The first-order valence-electron chi connectivity index (χ1n) is 12.6. The Morgan fingerprint density at radius 1 is 0.892 bits per heavy atom. The first-order valence-corrected chi connectivity index (χ1v) is 12.6. The third-order valence-corrected chi connectivity index (χ3v) is 7.16. The Morgan fingerprint density at radius 3 is 2.43 bits per heavy atom. The number of nitrogens with zero attached hydrogens (tertiary/aromatic N) is 3. The molecule has 184 valence electrons. The molecule has 0 spiro atoms. The zero-order valence-corrected chi connectivity index (χ0v) is 20.2. The lowest BCUT2D eigenvalue weighted by molar-refractivity contribution is 0.0696. The van der Waals surface area contributed by atoms with E-state index in [1.807, 2.05) is 48.5 Å². The van der Waals surface area contributed by atoms with Crippen LogP contribution in [0.5, 0.6) is 0 Å². The Bertz CT molecular complexity index is 1630. The van der Waals surface area contributed by atoms with Crippen molar-refractivity contribution in [3.05, 3.63) is 90.1 Å². The maximum absolute atomic E-state index is 13.0. The number of carbonyl (C=O) groups excluding carboxylic acids is 1. The Hall–Kier alpha value is -4.52. The van der Waals surface area contributed by atoms with E-state index in [-0.39, 0.29) is 11.5 Å². The number of nitrogens with one attached hydrogen (secondary N) is 1. The van der Waals surface area contributed by atoms with Crippen LogP contribution in [0.2, 0.25) is 0 Å². The first-order chi connectivity index (χ1) is 18.1. The van der Waals surface area contributed by atoms with Crippen LogP contribution in [0, 0.1) is 0 Å². The van der Waals surface area contributed by atoms with Crippen molar-refractivity contribution in [1.82, 2.24) is 14.5 Å². The van der Waals surface area contributed by atoms with Gasteiger partial charge in [-0.3, -0.25) is 9.78 Å². The Morgan fingerprint density at radius 2 is 1.65 bits per heavy atom. The number of aromatic carboxylic acids is 1. The number of pyridine rings is 1. The summed E-state index contributed by atoms with van der Waals surface area (Å²) in [7, 11) is 0. The normalized spacial score (nSPS) is 14.2. The van der Waals surface area contributed by atoms with E-state index in [1.54, 1.807) is 30.5 Å². The molecule has 3 aromatic carbocycles. The molecule has 1 saturated carbocycles. The smallest absolute Gasteiger partial charge is 0.335 e. The third kappa shape index (κ3) is 4.33. The van der Waals surface area contributed by atoms with Crippen LogP contribution in [0.25, 0.3) is 33.3 Å². The molecule has 7 heteroatoms. The van der Waals surface area contributed by atoms with E-state index in [0.717, 1.165) is 40.6 Å². The van der Waals surface area contributed by atoms with Gasteiger partial charge in [-0.2, -0.15) is 0 Å². The van der Waals surface area contributed by atoms with Gasteiger partial charge in [0.25, 0.3) is 5.91 Å². The molecule has 6 rings (SSSR count). The number of hydrogen-bond donors (Lipinski definition) is 2. The van der Waals surface area contributed by atoms with Gasteiger partial charge in [0.05, 0.1) is 27.8 Å². The first kappa shape index (κ1) is 22.9. The van der Waals surface area contributed by atoms with E-state index >= 15 is 0 Å². The highest BCUT2D eigenvalue weighted by atomic mass is 16.4. The van der Waals surface area contributed by atoms with Crippen molar-refractivity contribution in [2.75, 3.05) is 5.32 Å². The van der Waals surface area contributed by atoms with E-state index < -0.39 is 5.97 Å². The average molecular weight is 491 g/mol. The molecule has 0 atom stereocenters. The topological polar surface area (TPSA) is 97.1 Å². The molecule has 5 aromatic rings. The minimum Gasteiger partial charge on any atom is -0.478 e. The average Bonchev–Trinajstić information content (AvgIpc) is 3.32. The van der Waals surface area contributed by atoms with Crippen molar-refractivity contribution in [1.29, 1.82) is 0 Å². The Labute approximate surface area is 213 Å². The number of carbonyl (C=O) groups is 2. The third-order valence-electron chi connectivity index (χ3n) is 7.16. The van der Waals surface area contributed by atoms with Gasteiger partial charge in [-0.1, -0.05) is 49.6 Å². The number of anilines is 1. The lowest BCUT2D eigenvalue weighted by Crippen LogP contribution is -2.14.